The van der Waals surface area contributed by atoms with E-state index in [0.717, 1.165) is 11.5 Å². The molecule has 0 spiro atoms. The lowest BCUT2D eigenvalue weighted by Crippen LogP contribution is -1.88. The molecule has 0 fully saturated rings. The van der Waals surface area contributed by atoms with Crippen LogP contribution in [0.25, 0.3) is 32.3 Å². The molecule has 0 unspecified atom stereocenters. The zero-order valence-corrected chi connectivity index (χ0v) is 13.6. The largest absolute Gasteiger partial charge is 0.457 e. The molecule has 0 radical (unpaired) electrons. The Kier molecular flexibility index (Phi) is 3.17. The fourth-order valence-corrected chi connectivity index (χ4v) is 3.62. The quantitative estimate of drug-likeness (QED) is 0.320. The molecule has 0 aliphatic rings. The van der Waals surface area contributed by atoms with Gasteiger partial charge in [-0.25, -0.2) is 0 Å². The summed E-state index contributed by atoms with van der Waals surface area (Å²) in [6.07, 6.45) is 0. The average molecular weight is 320 g/mol. The van der Waals surface area contributed by atoms with Gasteiger partial charge in [0.15, 0.2) is 0 Å². The summed E-state index contributed by atoms with van der Waals surface area (Å²) in [4.78, 5) is 0. The van der Waals surface area contributed by atoms with Gasteiger partial charge < -0.3 is 4.74 Å². The van der Waals surface area contributed by atoms with E-state index in [0.29, 0.717) is 0 Å². The van der Waals surface area contributed by atoms with E-state index in [2.05, 4.69) is 66.7 Å². The molecule has 0 bridgehead atoms. The summed E-state index contributed by atoms with van der Waals surface area (Å²) in [6.45, 7) is 0. The van der Waals surface area contributed by atoms with E-state index >= 15 is 0 Å². The Bertz CT molecular complexity index is 1160. The van der Waals surface area contributed by atoms with Crippen molar-refractivity contribution in [2.45, 2.75) is 0 Å². The van der Waals surface area contributed by atoms with Gasteiger partial charge in [-0.1, -0.05) is 78.9 Å². The number of ether oxygens (including phenoxy) is 1. The van der Waals surface area contributed by atoms with Crippen LogP contribution < -0.4 is 4.74 Å². The molecule has 0 saturated carbocycles. The Labute approximate surface area is 146 Å². The minimum atomic E-state index is 0.854. The fourth-order valence-electron chi connectivity index (χ4n) is 3.62. The standard InChI is InChI=1S/C24H16O/c1-2-9-17(10-3-1)25-23-16-8-15-22-20-12-5-4-11-18(20)19-13-6-7-14-21(19)24(22)23/h1-16H. The lowest BCUT2D eigenvalue weighted by atomic mass is 9.94. The lowest BCUT2D eigenvalue weighted by Gasteiger charge is -2.14. The highest BCUT2D eigenvalue weighted by Gasteiger charge is 2.12. The molecular formula is C24H16O. The van der Waals surface area contributed by atoms with Crippen LogP contribution in [0.3, 0.4) is 0 Å². The van der Waals surface area contributed by atoms with Crippen LogP contribution >= 0.6 is 0 Å². The second-order valence-electron chi connectivity index (χ2n) is 6.18. The number of hydrogen-bond acceptors (Lipinski definition) is 1. The molecule has 0 atom stereocenters. The van der Waals surface area contributed by atoms with Crippen LogP contribution in [0.15, 0.2) is 97.1 Å². The van der Waals surface area contributed by atoms with E-state index in [4.69, 9.17) is 4.74 Å². The number of para-hydroxylation sites is 1. The van der Waals surface area contributed by atoms with Crippen molar-refractivity contribution in [3.05, 3.63) is 97.1 Å². The van der Waals surface area contributed by atoms with E-state index in [9.17, 15) is 0 Å². The van der Waals surface area contributed by atoms with Gasteiger partial charge in [-0.2, -0.15) is 0 Å². The summed E-state index contributed by atoms with van der Waals surface area (Å²) in [7, 11) is 0. The van der Waals surface area contributed by atoms with Crippen LogP contribution in [0.5, 0.6) is 11.5 Å². The van der Waals surface area contributed by atoms with E-state index < -0.39 is 0 Å². The van der Waals surface area contributed by atoms with Gasteiger partial charge >= 0.3 is 0 Å². The first-order valence-electron chi connectivity index (χ1n) is 8.47. The number of benzene rings is 5. The highest BCUT2D eigenvalue weighted by molar-refractivity contribution is 6.26. The van der Waals surface area contributed by atoms with E-state index in [1.807, 2.05) is 30.3 Å². The topological polar surface area (TPSA) is 9.23 Å². The summed E-state index contributed by atoms with van der Waals surface area (Å²) in [5, 5.41) is 7.41. The van der Waals surface area contributed by atoms with Crippen molar-refractivity contribution in [1.82, 2.24) is 0 Å². The van der Waals surface area contributed by atoms with Crippen LogP contribution in [-0.2, 0) is 0 Å². The maximum atomic E-state index is 6.25. The minimum absolute atomic E-state index is 0.854. The van der Waals surface area contributed by atoms with Crippen molar-refractivity contribution in [3.8, 4) is 11.5 Å². The molecule has 5 rings (SSSR count). The number of fused-ring (bicyclic) bond motifs is 6. The third kappa shape index (κ3) is 2.25. The Hall–Kier alpha value is -3.32. The number of hydrogen-bond donors (Lipinski definition) is 0. The normalized spacial score (nSPS) is 11.2. The number of rotatable bonds is 2. The molecule has 25 heavy (non-hydrogen) atoms. The highest BCUT2D eigenvalue weighted by Crippen LogP contribution is 2.40. The maximum absolute atomic E-state index is 6.25. The summed E-state index contributed by atoms with van der Waals surface area (Å²) >= 11 is 0. The molecule has 1 nitrogen and oxygen atoms in total. The second kappa shape index (κ2) is 5.64. The van der Waals surface area contributed by atoms with Crippen molar-refractivity contribution in [2.75, 3.05) is 0 Å². The van der Waals surface area contributed by atoms with E-state index in [-0.39, 0.29) is 0 Å². The molecule has 0 aromatic heterocycles. The molecular weight excluding hydrogens is 304 g/mol. The van der Waals surface area contributed by atoms with Crippen LogP contribution in [0.1, 0.15) is 0 Å². The van der Waals surface area contributed by atoms with Crippen molar-refractivity contribution in [2.24, 2.45) is 0 Å². The van der Waals surface area contributed by atoms with Gasteiger partial charge in [0.1, 0.15) is 11.5 Å². The van der Waals surface area contributed by atoms with Gasteiger partial charge in [-0.15, -0.1) is 0 Å². The first-order valence-corrected chi connectivity index (χ1v) is 8.47. The Balaban J connectivity index is 1.92. The second-order valence-corrected chi connectivity index (χ2v) is 6.18. The van der Waals surface area contributed by atoms with Crippen LogP contribution in [0.4, 0.5) is 0 Å². The van der Waals surface area contributed by atoms with Crippen molar-refractivity contribution >= 4 is 32.3 Å². The summed E-state index contributed by atoms with van der Waals surface area (Å²) in [5.41, 5.74) is 0. The Morgan fingerprint density at radius 3 is 1.52 bits per heavy atom. The molecule has 0 amide bonds. The first-order chi connectivity index (χ1) is 12.4. The van der Waals surface area contributed by atoms with Crippen molar-refractivity contribution in [3.63, 3.8) is 0 Å². The zero-order chi connectivity index (χ0) is 16.6. The molecule has 0 saturated heterocycles. The van der Waals surface area contributed by atoms with Crippen molar-refractivity contribution in [1.29, 1.82) is 0 Å². The lowest BCUT2D eigenvalue weighted by molar-refractivity contribution is 0.489. The highest BCUT2D eigenvalue weighted by atomic mass is 16.5. The van der Waals surface area contributed by atoms with Gasteiger partial charge in [0, 0.05) is 5.39 Å². The maximum Gasteiger partial charge on any atom is 0.135 e. The molecule has 5 aromatic carbocycles. The van der Waals surface area contributed by atoms with Gasteiger partial charge in [-0.05, 0) is 45.1 Å². The monoisotopic (exact) mass is 320 g/mol. The first kappa shape index (κ1) is 14.1. The summed E-state index contributed by atoms with van der Waals surface area (Å²) < 4.78 is 6.25. The predicted octanol–water partition coefficient (Wildman–Crippen LogP) is 6.94. The van der Waals surface area contributed by atoms with Crippen molar-refractivity contribution < 1.29 is 4.74 Å². The predicted molar refractivity (Wildman–Crippen MR) is 105 cm³/mol. The third-order valence-corrected chi connectivity index (χ3v) is 4.70. The minimum Gasteiger partial charge on any atom is -0.457 e. The molecule has 118 valence electrons. The van der Waals surface area contributed by atoms with Crippen LogP contribution in [0, 0.1) is 0 Å². The Morgan fingerprint density at radius 2 is 0.880 bits per heavy atom. The summed E-state index contributed by atoms with van der Waals surface area (Å²) in [5.74, 6) is 1.75. The van der Waals surface area contributed by atoms with Gasteiger partial charge in [-0.3, -0.25) is 0 Å². The van der Waals surface area contributed by atoms with Gasteiger partial charge in [0.2, 0.25) is 0 Å². The molecule has 0 heterocycles. The van der Waals surface area contributed by atoms with Gasteiger partial charge in [0.05, 0.1) is 0 Å². The third-order valence-electron chi connectivity index (χ3n) is 4.70. The average Bonchev–Trinajstić information content (AvgIpc) is 2.69. The van der Waals surface area contributed by atoms with Crippen LogP contribution in [0.2, 0.25) is 0 Å². The smallest absolute Gasteiger partial charge is 0.135 e. The Morgan fingerprint density at radius 1 is 0.400 bits per heavy atom. The van der Waals surface area contributed by atoms with Gasteiger partial charge in [0.25, 0.3) is 0 Å². The van der Waals surface area contributed by atoms with E-state index in [1.165, 1.54) is 32.3 Å². The molecule has 0 aliphatic carbocycles. The van der Waals surface area contributed by atoms with E-state index in [1.54, 1.807) is 0 Å². The summed E-state index contributed by atoms with van der Waals surface area (Å²) in [6, 6.07) is 33.4. The molecule has 0 aliphatic heterocycles. The fraction of sp³-hybridized carbons (Fsp3) is 0. The SMILES string of the molecule is c1ccc(Oc2cccc3c4ccccc4c4ccccc4c23)cc1. The van der Waals surface area contributed by atoms with Crippen LogP contribution in [-0.4, -0.2) is 0 Å². The zero-order valence-electron chi connectivity index (χ0n) is 13.6. The molecule has 0 N–H and O–H groups in total. The molecule has 1 heteroatoms. The molecule has 5 aromatic rings.